The zero-order chi connectivity index (χ0) is 17.1. The fourth-order valence-corrected chi connectivity index (χ4v) is 2.52. The summed E-state index contributed by atoms with van der Waals surface area (Å²) in [5.74, 6) is 0.0806. The van der Waals surface area contributed by atoms with Crippen molar-refractivity contribution in [2.24, 2.45) is 0 Å². The second-order valence-electron chi connectivity index (χ2n) is 5.00. The fraction of sp³-hybridized carbons (Fsp3) is 0.176. The van der Waals surface area contributed by atoms with Gasteiger partial charge in [0.15, 0.2) is 11.5 Å². The van der Waals surface area contributed by atoms with E-state index in [0.717, 1.165) is 0 Å². The van der Waals surface area contributed by atoms with E-state index < -0.39 is 11.9 Å². The number of nitrogens with one attached hydrogen (secondary N) is 1. The van der Waals surface area contributed by atoms with Crippen LogP contribution in [0.5, 0.6) is 11.5 Å². The van der Waals surface area contributed by atoms with Gasteiger partial charge >= 0.3 is 5.97 Å². The van der Waals surface area contributed by atoms with Gasteiger partial charge in [0.1, 0.15) is 13.2 Å². The Kier molecular flexibility index (Phi) is 4.57. The Hall–Kier alpha value is -2.73. The first kappa shape index (κ1) is 16.1. The number of esters is 1. The summed E-state index contributed by atoms with van der Waals surface area (Å²) in [6.45, 7) is 0.853. The number of hydrogen-bond acceptors (Lipinski definition) is 5. The molecule has 0 atom stereocenters. The molecule has 1 heterocycles. The number of fused-ring (bicyclic) bond motifs is 1. The van der Waals surface area contributed by atoms with Crippen LogP contribution in [0.3, 0.4) is 0 Å². The minimum atomic E-state index is -0.483. The maximum atomic E-state index is 12.5. The first-order valence-electron chi connectivity index (χ1n) is 7.17. The molecule has 0 unspecified atom stereocenters. The lowest BCUT2D eigenvalue weighted by atomic mass is 10.1. The van der Waals surface area contributed by atoms with E-state index in [4.69, 9.17) is 21.1 Å². The van der Waals surface area contributed by atoms with Gasteiger partial charge in [0.2, 0.25) is 0 Å². The van der Waals surface area contributed by atoms with Gasteiger partial charge in [-0.3, -0.25) is 4.79 Å². The Morgan fingerprint density at radius 2 is 1.83 bits per heavy atom. The number of amides is 1. The normalized spacial score (nSPS) is 12.4. The third-order valence-electron chi connectivity index (χ3n) is 3.42. The van der Waals surface area contributed by atoms with Crippen molar-refractivity contribution in [1.82, 2.24) is 0 Å². The van der Waals surface area contributed by atoms with Crippen LogP contribution >= 0.6 is 11.6 Å². The second kappa shape index (κ2) is 6.80. The zero-order valence-corrected chi connectivity index (χ0v) is 13.6. The Morgan fingerprint density at radius 3 is 2.54 bits per heavy atom. The lowest BCUT2D eigenvalue weighted by molar-refractivity contribution is 0.0600. The molecule has 2 aromatic rings. The predicted molar refractivity (Wildman–Crippen MR) is 88.2 cm³/mol. The Bertz CT molecular complexity index is 806. The molecule has 2 aromatic carbocycles. The lowest BCUT2D eigenvalue weighted by Gasteiger charge is -2.19. The summed E-state index contributed by atoms with van der Waals surface area (Å²) >= 11 is 6.16. The van der Waals surface area contributed by atoms with Crippen LogP contribution in [0, 0.1) is 0 Å². The fourth-order valence-electron chi connectivity index (χ4n) is 2.28. The smallest absolute Gasteiger partial charge is 0.337 e. The van der Waals surface area contributed by atoms with E-state index in [1.54, 1.807) is 24.3 Å². The maximum absolute atomic E-state index is 12.5. The SMILES string of the molecule is COC(=O)c1cccc(NC(=O)c2cc3c(cc2Cl)OCCO3)c1. The molecule has 0 fully saturated rings. The van der Waals surface area contributed by atoms with E-state index in [2.05, 4.69) is 10.1 Å². The molecule has 1 aliphatic rings. The molecule has 0 aromatic heterocycles. The summed E-state index contributed by atoms with van der Waals surface area (Å²) < 4.78 is 15.5. The number of halogens is 1. The van der Waals surface area contributed by atoms with Crippen LogP contribution in [0.1, 0.15) is 20.7 Å². The van der Waals surface area contributed by atoms with E-state index in [1.807, 2.05) is 0 Å². The molecule has 0 bridgehead atoms. The number of carbonyl (C=O) groups excluding carboxylic acids is 2. The van der Waals surface area contributed by atoms with Gasteiger partial charge in [-0.25, -0.2) is 4.79 Å². The van der Waals surface area contributed by atoms with Gasteiger partial charge in [0.05, 0.1) is 23.3 Å². The van der Waals surface area contributed by atoms with Gasteiger partial charge in [-0.05, 0) is 24.3 Å². The summed E-state index contributed by atoms with van der Waals surface area (Å²) in [7, 11) is 1.29. The van der Waals surface area contributed by atoms with E-state index in [1.165, 1.54) is 19.2 Å². The molecule has 24 heavy (non-hydrogen) atoms. The van der Waals surface area contributed by atoms with Crippen molar-refractivity contribution in [2.75, 3.05) is 25.6 Å². The van der Waals surface area contributed by atoms with E-state index in [9.17, 15) is 9.59 Å². The standard InChI is InChI=1S/C17H14ClNO5/c1-22-17(21)10-3-2-4-11(7-10)19-16(20)12-8-14-15(9-13(12)18)24-6-5-23-14/h2-4,7-9H,5-6H2,1H3,(H,19,20). The maximum Gasteiger partial charge on any atom is 0.337 e. The average molecular weight is 348 g/mol. The highest BCUT2D eigenvalue weighted by Gasteiger charge is 2.19. The van der Waals surface area contributed by atoms with Crippen molar-refractivity contribution in [1.29, 1.82) is 0 Å². The molecule has 0 aliphatic carbocycles. The molecular weight excluding hydrogens is 334 g/mol. The van der Waals surface area contributed by atoms with Crippen molar-refractivity contribution in [3.8, 4) is 11.5 Å². The minimum Gasteiger partial charge on any atom is -0.486 e. The van der Waals surface area contributed by atoms with Gasteiger partial charge in [-0.2, -0.15) is 0 Å². The first-order chi connectivity index (χ1) is 11.6. The summed E-state index contributed by atoms with van der Waals surface area (Å²) in [5.41, 5.74) is 1.04. The van der Waals surface area contributed by atoms with Gasteiger partial charge in [0.25, 0.3) is 5.91 Å². The molecule has 0 saturated heterocycles. The predicted octanol–water partition coefficient (Wildman–Crippen LogP) is 3.15. The molecule has 1 aliphatic heterocycles. The number of ether oxygens (including phenoxy) is 3. The third kappa shape index (κ3) is 3.28. The minimum absolute atomic E-state index is 0.251. The van der Waals surface area contributed by atoms with Crippen molar-refractivity contribution < 1.29 is 23.8 Å². The molecule has 6 nitrogen and oxygen atoms in total. The molecule has 0 radical (unpaired) electrons. The topological polar surface area (TPSA) is 73.9 Å². The van der Waals surface area contributed by atoms with E-state index >= 15 is 0 Å². The summed E-state index contributed by atoms with van der Waals surface area (Å²) in [4.78, 5) is 24.0. The Labute approximate surface area is 143 Å². The van der Waals surface area contributed by atoms with Crippen molar-refractivity contribution >= 4 is 29.2 Å². The number of methoxy groups -OCH3 is 1. The largest absolute Gasteiger partial charge is 0.486 e. The number of hydrogen-bond donors (Lipinski definition) is 1. The van der Waals surface area contributed by atoms with Crippen LogP contribution in [-0.2, 0) is 4.74 Å². The monoisotopic (exact) mass is 347 g/mol. The van der Waals surface area contributed by atoms with E-state index in [0.29, 0.717) is 36.0 Å². The van der Waals surface area contributed by atoms with Crippen LogP contribution in [0.15, 0.2) is 36.4 Å². The van der Waals surface area contributed by atoms with E-state index in [-0.39, 0.29) is 10.6 Å². The molecule has 7 heteroatoms. The highest BCUT2D eigenvalue weighted by atomic mass is 35.5. The second-order valence-corrected chi connectivity index (χ2v) is 5.41. The van der Waals surface area contributed by atoms with Gasteiger partial charge in [-0.15, -0.1) is 0 Å². The summed E-state index contributed by atoms with van der Waals surface area (Å²) in [6.07, 6.45) is 0. The van der Waals surface area contributed by atoms with Crippen LogP contribution < -0.4 is 14.8 Å². The molecule has 0 spiro atoms. The van der Waals surface area contributed by atoms with Crippen LogP contribution in [0.25, 0.3) is 0 Å². The highest BCUT2D eigenvalue weighted by Crippen LogP contribution is 2.35. The van der Waals surface area contributed by atoms with Gasteiger partial charge in [-0.1, -0.05) is 17.7 Å². The Balaban J connectivity index is 1.84. The molecule has 1 N–H and O–H groups in total. The van der Waals surface area contributed by atoms with Crippen LogP contribution in [-0.4, -0.2) is 32.2 Å². The van der Waals surface area contributed by atoms with Crippen LogP contribution in [0.2, 0.25) is 5.02 Å². The Morgan fingerprint density at radius 1 is 1.12 bits per heavy atom. The molecule has 0 saturated carbocycles. The van der Waals surface area contributed by atoms with Gasteiger partial charge in [0, 0.05) is 11.8 Å². The number of carbonyl (C=O) groups is 2. The lowest BCUT2D eigenvalue weighted by Crippen LogP contribution is -2.18. The zero-order valence-electron chi connectivity index (χ0n) is 12.8. The molecule has 124 valence electrons. The third-order valence-corrected chi connectivity index (χ3v) is 3.73. The average Bonchev–Trinajstić information content (AvgIpc) is 2.60. The van der Waals surface area contributed by atoms with Crippen molar-refractivity contribution in [3.05, 3.63) is 52.5 Å². The van der Waals surface area contributed by atoms with Crippen LogP contribution in [0.4, 0.5) is 5.69 Å². The quantitative estimate of drug-likeness (QED) is 0.863. The molecular formula is C17H14ClNO5. The summed E-state index contributed by atoms with van der Waals surface area (Å²) in [5, 5.41) is 2.95. The first-order valence-corrected chi connectivity index (χ1v) is 7.55. The molecule has 3 rings (SSSR count). The highest BCUT2D eigenvalue weighted by molar-refractivity contribution is 6.34. The number of rotatable bonds is 3. The molecule has 1 amide bonds. The number of anilines is 1. The number of benzene rings is 2. The van der Waals surface area contributed by atoms with Gasteiger partial charge < -0.3 is 19.5 Å². The summed E-state index contributed by atoms with van der Waals surface area (Å²) in [6, 6.07) is 9.52. The van der Waals surface area contributed by atoms with Crippen molar-refractivity contribution in [3.63, 3.8) is 0 Å². The van der Waals surface area contributed by atoms with Crippen molar-refractivity contribution in [2.45, 2.75) is 0 Å².